The number of methoxy groups -OCH3 is 1. The fourth-order valence-electron chi connectivity index (χ4n) is 5.86. The second-order valence-corrected chi connectivity index (χ2v) is 9.83. The maximum Gasteiger partial charge on any atom is 0.145 e. The van der Waals surface area contributed by atoms with Gasteiger partial charge in [-0.3, -0.25) is 4.90 Å². The predicted octanol–water partition coefficient (Wildman–Crippen LogP) is 5.73. The Kier molecular flexibility index (Phi) is 9.45. The first kappa shape index (κ1) is 25.5. The quantitative estimate of drug-likeness (QED) is 0.407. The lowest BCUT2D eigenvalue weighted by Gasteiger charge is -2.39. The number of nitrogens with zero attached hydrogens (tertiary/aromatic N) is 2. The number of ether oxygens (including phenoxy) is 2. The summed E-state index contributed by atoms with van der Waals surface area (Å²) in [6.45, 7) is 5.15. The number of hydrogen-bond donors (Lipinski definition) is 0. The number of rotatable bonds is 10. The molecule has 188 valence electrons. The fourth-order valence-corrected chi connectivity index (χ4v) is 5.86. The summed E-state index contributed by atoms with van der Waals surface area (Å²) in [6, 6.07) is 15.7. The Hall–Kier alpha value is -2.55. The predicted molar refractivity (Wildman–Crippen MR) is 141 cm³/mol. The van der Waals surface area contributed by atoms with Crippen molar-refractivity contribution in [2.24, 2.45) is 5.92 Å². The van der Waals surface area contributed by atoms with Crippen LogP contribution in [0.15, 0.2) is 48.5 Å². The van der Waals surface area contributed by atoms with Crippen molar-refractivity contribution >= 4 is 5.69 Å². The molecule has 0 aromatic heterocycles. The molecule has 0 N–H and O–H groups in total. The molecule has 2 aliphatic rings. The average molecular weight is 479 g/mol. The van der Waals surface area contributed by atoms with Crippen LogP contribution >= 0.6 is 0 Å². The number of hydrogen-bond acceptors (Lipinski definition) is 4. The van der Waals surface area contributed by atoms with Crippen LogP contribution in [0, 0.1) is 24.1 Å². The van der Waals surface area contributed by atoms with Crippen LogP contribution in [0.2, 0.25) is 0 Å². The Balaban J connectivity index is 1.41. The standard InChI is InChI=1S/C30H39FN2O2/c1-3-22-35-30(25-12-8-5-9-13-25)27(24-10-6-4-7-11-24)16-17-32-18-20-33(21-19-32)28-15-14-26(31)23-29(28)34-2/h1,4,6-7,10-11,14-15,23,25,27,30H,5,8-9,12-13,16-22H2,2H3. The molecule has 1 aliphatic carbocycles. The molecule has 1 heterocycles. The van der Waals surface area contributed by atoms with Crippen LogP contribution < -0.4 is 9.64 Å². The number of benzene rings is 2. The Morgan fingerprint density at radius 2 is 1.77 bits per heavy atom. The lowest BCUT2D eigenvalue weighted by molar-refractivity contribution is -0.00472. The molecule has 0 spiro atoms. The smallest absolute Gasteiger partial charge is 0.145 e. The first-order valence-electron chi connectivity index (χ1n) is 13.1. The monoisotopic (exact) mass is 478 g/mol. The molecule has 0 bridgehead atoms. The van der Waals surface area contributed by atoms with Crippen molar-refractivity contribution in [3.05, 3.63) is 59.9 Å². The van der Waals surface area contributed by atoms with Gasteiger partial charge in [-0.25, -0.2) is 4.39 Å². The van der Waals surface area contributed by atoms with Crippen molar-refractivity contribution in [2.75, 3.05) is 51.3 Å². The van der Waals surface area contributed by atoms with E-state index in [2.05, 4.69) is 46.1 Å². The molecular weight excluding hydrogens is 439 g/mol. The lowest BCUT2D eigenvalue weighted by Crippen LogP contribution is -2.47. The van der Waals surface area contributed by atoms with Crippen LogP contribution in [0.25, 0.3) is 0 Å². The lowest BCUT2D eigenvalue weighted by atomic mass is 9.76. The molecule has 0 radical (unpaired) electrons. The van der Waals surface area contributed by atoms with E-state index in [0.717, 1.165) is 44.8 Å². The van der Waals surface area contributed by atoms with Gasteiger partial charge in [-0.05, 0) is 49.4 Å². The third-order valence-corrected chi connectivity index (χ3v) is 7.71. The van der Waals surface area contributed by atoms with E-state index in [9.17, 15) is 4.39 Å². The van der Waals surface area contributed by atoms with E-state index in [1.165, 1.54) is 49.8 Å². The zero-order valence-corrected chi connectivity index (χ0v) is 21.0. The summed E-state index contributed by atoms with van der Waals surface area (Å²) in [5.41, 5.74) is 2.32. The Labute approximate surface area is 210 Å². The van der Waals surface area contributed by atoms with Gasteiger partial charge in [0, 0.05) is 38.2 Å². The summed E-state index contributed by atoms with van der Waals surface area (Å²) in [6.07, 6.45) is 13.2. The molecule has 2 unspecified atom stereocenters. The van der Waals surface area contributed by atoms with Gasteiger partial charge in [-0.2, -0.15) is 0 Å². The van der Waals surface area contributed by atoms with Crippen LogP contribution in [0.5, 0.6) is 5.75 Å². The Morgan fingerprint density at radius 3 is 2.46 bits per heavy atom. The highest BCUT2D eigenvalue weighted by molar-refractivity contribution is 5.59. The topological polar surface area (TPSA) is 24.9 Å². The van der Waals surface area contributed by atoms with E-state index in [0.29, 0.717) is 24.2 Å². The van der Waals surface area contributed by atoms with Crippen LogP contribution in [-0.2, 0) is 4.74 Å². The van der Waals surface area contributed by atoms with Crippen molar-refractivity contribution in [2.45, 2.75) is 50.5 Å². The minimum absolute atomic E-state index is 0.165. The van der Waals surface area contributed by atoms with Crippen LogP contribution in [0.3, 0.4) is 0 Å². The Morgan fingerprint density at radius 1 is 1.03 bits per heavy atom. The molecule has 2 atom stereocenters. The number of halogens is 1. The molecule has 35 heavy (non-hydrogen) atoms. The third kappa shape index (κ3) is 6.78. The molecule has 1 saturated carbocycles. The summed E-state index contributed by atoms with van der Waals surface area (Å²) in [5, 5.41) is 0. The first-order chi connectivity index (χ1) is 17.2. The van der Waals surface area contributed by atoms with E-state index in [1.54, 1.807) is 7.11 Å². The molecule has 4 rings (SSSR count). The summed E-state index contributed by atoms with van der Waals surface area (Å²) in [7, 11) is 1.60. The van der Waals surface area contributed by atoms with E-state index in [4.69, 9.17) is 15.9 Å². The SMILES string of the molecule is C#CCOC(C1CCCCC1)C(CCN1CCN(c2ccc(F)cc2OC)CC1)c1ccccc1. The molecular formula is C30H39FN2O2. The maximum atomic E-state index is 13.6. The maximum absolute atomic E-state index is 13.6. The van der Waals surface area contributed by atoms with Gasteiger partial charge in [0.05, 0.1) is 18.9 Å². The molecule has 4 nitrogen and oxygen atoms in total. The van der Waals surface area contributed by atoms with Crippen LogP contribution in [0.1, 0.15) is 50.0 Å². The van der Waals surface area contributed by atoms with Crippen molar-refractivity contribution in [1.82, 2.24) is 4.90 Å². The first-order valence-corrected chi connectivity index (χ1v) is 13.1. The van der Waals surface area contributed by atoms with Gasteiger partial charge in [-0.15, -0.1) is 6.42 Å². The number of anilines is 1. The highest BCUT2D eigenvalue weighted by Gasteiger charge is 2.33. The van der Waals surface area contributed by atoms with Gasteiger partial charge in [0.15, 0.2) is 0 Å². The summed E-state index contributed by atoms with van der Waals surface area (Å²) < 4.78 is 25.4. The van der Waals surface area contributed by atoms with Gasteiger partial charge in [0.25, 0.3) is 0 Å². The minimum Gasteiger partial charge on any atom is -0.494 e. The van der Waals surface area contributed by atoms with Crippen LogP contribution in [-0.4, -0.2) is 57.4 Å². The zero-order chi connectivity index (χ0) is 24.5. The van der Waals surface area contributed by atoms with Crippen molar-refractivity contribution < 1.29 is 13.9 Å². The van der Waals surface area contributed by atoms with Crippen molar-refractivity contribution in [3.8, 4) is 18.1 Å². The zero-order valence-electron chi connectivity index (χ0n) is 21.0. The summed E-state index contributed by atoms with van der Waals surface area (Å²) in [4.78, 5) is 4.84. The second kappa shape index (κ2) is 13.0. The molecule has 2 aromatic carbocycles. The van der Waals surface area contributed by atoms with Crippen molar-refractivity contribution in [1.29, 1.82) is 0 Å². The molecule has 2 aromatic rings. The number of piperazine rings is 1. The van der Waals surface area contributed by atoms with Gasteiger partial charge in [-0.1, -0.05) is 55.5 Å². The van der Waals surface area contributed by atoms with Gasteiger partial charge in [0.2, 0.25) is 0 Å². The molecule has 5 heteroatoms. The molecule has 1 aliphatic heterocycles. The minimum atomic E-state index is -0.268. The van der Waals surface area contributed by atoms with Gasteiger partial charge in [0.1, 0.15) is 18.2 Å². The number of terminal acetylenes is 1. The van der Waals surface area contributed by atoms with Gasteiger partial charge < -0.3 is 14.4 Å². The summed E-state index contributed by atoms with van der Waals surface area (Å²) in [5.74, 6) is 3.95. The largest absolute Gasteiger partial charge is 0.494 e. The average Bonchev–Trinajstić information content (AvgIpc) is 2.92. The van der Waals surface area contributed by atoms with Crippen LogP contribution in [0.4, 0.5) is 10.1 Å². The highest BCUT2D eigenvalue weighted by Crippen LogP contribution is 2.37. The second-order valence-electron chi connectivity index (χ2n) is 9.83. The Bertz CT molecular complexity index is 947. The highest BCUT2D eigenvalue weighted by atomic mass is 19.1. The van der Waals surface area contributed by atoms with E-state index in [1.807, 2.05) is 6.07 Å². The van der Waals surface area contributed by atoms with E-state index >= 15 is 0 Å². The van der Waals surface area contributed by atoms with Gasteiger partial charge >= 0.3 is 0 Å². The third-order valence-electron chi connectivity index (χ3n) is 7.71. The van der Waals surface area contributed by atoms with Crippen molar-refractivity contribution in [3.63, 3.8) is 0 Å². The van der Waals surface area contributed by atoms with E-state index < -0.39 is 0 Å². The normalized spacial score (nSPS) is 19.2. The summed E-state index contributed by atoms with van der Waals surface area (Å²) >= 11 is 0. The fraction of sp³-hybridized carbons (Fsp3) is 0.533. The molecule has 2 fully saturated rings. The molecule has 0 amide bonds. The molecule has 1 saturated heterocycles. The van der Waals surface area contributed by atoms with E-state index in [-0.39, 0.29) is 11.9 Å².